The molecule has 0 spiro atoms. The maximum Gasteiger partial charge on any atom is 0.272 e. The number of hydrogen-bond acceptors (Lipinski definition) is 6. The molecule has 3 amide bonds. The minimum absolute atomic E-state index is 0.0641. The minimum Gasteiger partial charge on any atom is -0.495 e. The van der Waals surface area contributed by atoms with Crippen molar-refractivity contribution in [2.24, 2.45) is 0 Å². The Morgan fingerprint density at radius 2 is 1.45 bits per heavy atom. The van der Waals surface area contributed by atoms with E-state index in [-0.39, 0.29) is 11.6 Å². The first-order valence-corrected chi connectivity index (χ1v) is 16.6. The van der Waals surface area contributed by atoms with Crippen molar-refractivity contribution < 1.29 is 23.9 Å². The van der Waals surface area contributed by atoms with E-state index in [1.165, 1.54) is 18.9 Å². The Hall–Kier alpha value is -5.51. The Morgan fingerprint density at radius 1 is 0.796 bits per heavy atom. The molecular weight excluding hydrogens is 658 g/mol. The van der Waals surface area contributed by atoms with Gasteiger partial charge in [-0.2, -0.15) is 0 Å². The van der Waals surface area contributed by atoms with Crippen LogP contribution in [-0.2, 0) is 16.2 Å². The highest BCUT2D eigenvalue weighted by Gasteiger charge is 2.17. The largest absolute Gasteiger partial charge is 0.495 e. The van der Waals surface area contributed by atoms with Gasteiger partial charge in [-0.05, 0) is 90.9 Å². The fourth-order valence-electron chi connectivity index (χ4n) is 4.57. The average molecular weight is 692 g/mol. The first kappa shape index (κ1) is 34.8. The number of methoxy groups -OCH3 is 1. The van der Waals surface area contributed by atoms with Gasteiger partial charge >= 0.3 is 0 Å². The molecule has 0 aliphatic carbocycles. The van der Waals surface area contributed by atoms with Gasteiger partial charge in [-0.3, -0.25) is 14.4 Å². The standard InChI is InChI=1S/C39H34ClN3O5S/c1-26(37(44)42-31-17-22-36(47-2)34(40)24-31)49-33-20-15-30(16-21-33)41-39(46)35(43-38(45)29-11-7-4-8-12-29)23-27-13-18-32(19-14-27)48-25-28-9-5-3-6-10-28/h3-24,26H,25H2,1-2H3,(H,41,46)(H,42,44)(H,43,45)/b35-23-. The lowest BCUT2D eigenvalue weighted by atomic mass is 10.1. The van der Waals surface area contributed by atoms with E-state index in [9.17, 15) is 14.4 Å². The van der Waals surface area contributed by atoms with Crippen LogP contribution in [0.5, 0.6) is 11.5 Å². The number of hydrogen-bond donors (Lipinski definition) is 3. The van der Waals surface area contributed by atoms with Crippen LogP contribution in [0.25, 0.3) is 6.08 Å². The number of anilines is 2. The monoisotopic (exact) mass is 691 g/mol. The molecular formula is C39H34ClN3O5S. The van der Waals surface area contributed by atoms with Crippen LogP contribution in [0, 0.1) is 0 Å². The summed E-state index contributed by atoms with van der Waals surface area (Å²) in [5, 5.41) is 8.47. The van der Waals surface area contributed by atoms with E-state index in [1.54, 1.807) is 67.6 Å². The van der Waals surface area contributed by atoms with E-state index < -0.39 is 17.1 Å². The van der Waals surface area contributed by atoms with Gasteiger partial charge in [-0.25, -0.2) is 0 Å². The van der Waals surface area contributed by atoms with Gasteiger partial charge in [0.25, 0.3) is 11.8 Å². The molecule has 10 heteroatoms. The Balaban J connectivity index is 1.24. The average Bonchev–Trinajstić information content (AvgIpc) is 3.12. The van der Waals surface area contributed by atoms with Crippen LogP contribution >= 0.6 is 23.4 Å². The van der Waals surface area contributed by atoms with Crippen molar-refractivity contribution in [1.29, 1.82) is 0 Å². The molecule has 0 radical (unpaired) electrons. The highest BCUT2D eigenvalue weighted by Crippen LogP contribution is 2.29. The number of benzene rings is 5. The van der Waals surface area contributed by atoms with Crippen molar-refractivity contribution in [3.8, 4) is 11.5 Å². The van der Waals surface area contributed by atoms with Crippen molar-refractivity contribution >= 4 is 58.5 Å². The van der Waals surface area contributed by atoms with Gasteiger partial charge in [-0.1, -0.05) is 72.3 Å². The van der Waals surface area contributed by atoms with Crippen molar-refractivity contribution in [2.45, 2.75) is 23.7 Å². The van der Waals surface area contributed by atoms with E-state index in [4.69, 9.17) is 21.1 Å². The number of carbonyl (C=O) groups is 3. The Bertz CT molecular complexity index is 1920. The molecule has 8 nitrogen and oxygen atoms in total. The molecule has 1 atom stereocenters. The maximum atomic E-state index is 13.5. The molecule has 3 N–H and O–H groups in total. The van der Waals surface area contributed by atoms with Crippen LogP contribution in [0.2, 0.25) is 5.02 Å². The highest BCUT2D eigenvalue weighted by molar-refractivity contribution is 8.00. The quantitative estimate of drug-likeness (QED) is 0.0845. The molecule has 248 valence electrons. The third-order valence-corrected chi connectivity index (χ3v) is 8.59. The molecule has 0 fully saturated rings. The molecule has 0 aliphatic heterocycles. The predicted molar refractivity (Wildman–Crippen MR) is 196 cm³/mol. The Labute approximate surface area is 294 Å². The molecule has 5 aromatic rings. The number of amides is 3. The van der Waals surface area contributed by atoms with Crippen LogP contribution < -0.4 is 25.4 Å². The van der Waals surface area contributed by atoms with Crippen LogP contribution in [0.15, 0.2) is 138 Å². The van der Waals surface area contributed by atoms with Gasteiger partial charge in [0.05, 0.1) is 17.4 Å². The van der Waals surface area contributed by atoms with Gasteiger partial charge < -0.3 is 25.4 Å². The zero-order valence-electron chi connectivity index (χ0n) is 26.8. The lowest BCUT2D eigenvalue weighted by Crippen LogP contribution is -2.30. The van der Waals surface area contributed by atoms with E-state index in [1.807, 2.05) is 72.8 Å². The van der Waals surface area contributed by atoms with Crippen LogP contribution in [0.1, 0.15) is 28.4 Å². The molecule has 0 bridgehead atoms. The summed E-state index contributed by atoms with van der Waals surface area (Å²) in [6.45, 7) is 2.23. The molecule has 0 aromatic heterocycles. The number of ether oxygens (including phenoxy) is 2. The van der Waals surface area contributed by atoms with Crippen molar-refractivity contribution in [2.75, 3.05) is 17.7 Å². The van der Waals surface area contributed by atoms with Gasteiger partial charge in [-0.15, -0.1) is 11.8 Å². The second-order valence-corrected chi connectivity index (χ2v) is 12.6. The van der Waals surface area contributed by atoms with Gasteiger partial charge in [0.2, 0.25) is 5.91 Å². The zero-order chi connectivity index (χ0) is 34.6. The number of rotatable bonds is 13. The third kappa shape index (κ3) is 10.2. The number of nitrogens with one attached hydrogen (secondary N) is 3. The minimum atomic E-state index is -0.500. The zero-order valence-corrected chi connectivity index (χ0v) is 28.4. The van der Waals surface area contributed by atoms with Crippen LogP contribution in [0.3, 0.4) is 0 Å². The summed E-state index contributed by atoms with van der Waals surface area (Å²) in [6, 6.07) is 37.9. The highest BCUT2D eigenvalue weighted by atomic mass is 35.5. The van der Waals surface area contributed by atoms with E-state index in [0.717, 1.165) is 10.5 Å². The second kappa shape index (κ2) is 17.1. The molecule has 49 heavy (non-hydrogen) atoms. The Morgan fingerprint density at radius 3 is 2.10 bits per heavy atom. The summed E-state index contributed by atoms with van der Waals surface area (Å²) in [5.41, 5.74) is 3.31. The van der Waals surface area contributed by atoms with Gasteiger partial charge in [0.15, 0.2) is 0 Å². The first-order valence-electron chi connectivity index (χ1n) is 15.3. The fourth-order valence-corrected chi connectivity index (χ4v) is 5.70. The molecule has 0 saturated heterocycles. The molecule has 1 unspecified atom stereocenters. The second-order valence-electron chi connectivity index (χ2n) is 10.8. The summed E-state index contributed by atoms with van der Waals surface area (Å²) in [4.78, 5) is 40.2. The fraction of sp³-hybridized carbons (Fsp3) is 0.103. The molecule has 5 rings (SSSR count). The molecule has 0 aliphatic rings. The SMILES string of the molecule is COc1ccc(NC(=O)C(C)Sc2ccc(NC(=O)/C(=C/c3ccc(OCc4ccccc4)cc3)NC(=O)c3ccccc3)cc2)cc1Cl. The number of halogens is 1. The summed E-state index contributed by atoms with van der Waals surface area (Å²) in [7, 11) is 1.53. The van der Waals surface area contributed by atoms with E-state index in [0.29, 0.717) is 45.6 Å². The lowest BCUT2D eigenvalue weighted by molar-refractivity contribution is -0.115. The van der Waals surface area contributed by atoms with Crippen molar-refractivity contribution in [3.05, 3.63) is 155 Å². The number of thioether (sulfide) groups is 1. The van der Waals surface area contributed by atoms with Crippen molar-refractivity contribution in [3.63, 3.8) is 0 Å². The van der Waals surface area contributed by atoms with Crippen LogP contribution in [0.4, 0.5) is 11.4 Å². The summed E-state index contributed by atoms with van der Waals surface area (Å²) < 4.78 is 11.0. The predicted octanol–water partition coefficient (Wildman–Crippen LogP) is 8.46. The van der Waals surface area contributed by atoms with Gasteiger partial charge in [0, 0.05) is 21.8 Å². The van der Waals surface area contributed by atoms with Crippen molar-refractivity contribution in [1.82, 2.24) is 5.32 Å². The smallest absolute Gasteiger partial charge is 0.272 e. The third-order valence-electron chi connectivity index (χ3n) is 7.18. The summed E-state index contributed by atoms with van der Waals surface area (Å²) in [5.74, 6) is 0.0913. The summed E-state index contributed by atoms with van der Waals surface area (Å²) in [6.07, 6.45) is 1.61. The molecule has 5 aromatic carbocycles. The molecule has 0 saturated carbocycles. The van der Waals surface area contributed by atoms with Gasteiger partial charge in [0.1, 0.15) is 23.8 Å². The topological polar surface area (TPSA) is 106 Å². The summed E-state index contributed by atoms with van der Waals surface area (Å²) >= 11 is 7.55. The van der Waals surface area contributed by atoms with E-state index >= 15 is 0 Å². The lowest BCUT2D eigenvalue weighted by Gasteiger charge is -2.14. The maximum absolute atomic E-state index is 13.5. The normalized spacial score (nSPS) is 11.6. The Kier molecular flexibility index (Phi) is 12.1. The van der Waals surface area contributed by atoms with E-state index in [2.05, 4.69) is 16.0 Å². The number of carbonyl (C=O) groups excluding carboxylic acids is 3. The van der Waals surface area contributed by atoms with Crippen LogP contribution in [-0.4, -0.2) is 30.1 Å². The first-order chi connectivity index (χ1) is 23.8. The molecule has 0 heterocycles.